The maximum atomic E-state index is 5.57. The maximum Gasteiger partial charge on any atom is 0.151 e. The molecule has 0 unspecified atom stereocenters. The van der Waals surface area contributed by atoms with Crippen molar-refractivity contribution < 1.29 is 0 Å². The molecule has 5 heteroatoms. The fourth-order valence-electron chi connectivity index (χ4n) is 1.63. The van der Waals surface area contributed by atoms with Gasteiger partial charge in [0.1, 0.15) is 5.82 Å². The summed E-state index contributed by atoms with van der Waals surface area (Å²) in [5.41, 5.74) is 6.56. The molecule has 4 nitrogen and oxygen atoms in total. The Hall–Kier alpha value is -2.14. The lowest BCUT2D eigenvalue weighted by atomic mass is 10.2. The van der Waals surface area contributed by atoms with Gasteiger partial charge < -0.3 is 11.1 Å². The van der Waals surface area contributed by atoms with Crippen LogP contribution >= 0.6 is 11.3 Å². The third-order valence-electron chi connectivity index (χ3n) is 2.38. The lowest BCUT2D eigenvalue weighted by molar-refractivity contribution is 1.21. The Bertz CT molecular complexity index is 662. The number of nitrogens with two attached hydrogens (primary N) is 1. The molecule has 0 saturated heterocycles. The number of benzene rings is 1. The Morgan fingerprint density at radius 3 is 3.00 bits per heavy atom. The van der Waals surface area contributed by atoms with Crippen LogP contribution in [0.15, 0.2) is 42.0 Å². The van der Waals surface area contributed by atoms with Crippen LogP contribution in [0.4, 0.5) is 17.3 Å². The van der Waals surface area contributed by atoms with Gasteiger partial charge in [-0.3, -0.25) is 4.98 Å². The van der Waals surface area contributed by atoms with Gasteiger partial charge in [-0.05, 0) is 35.0 Å². The number of anilines is 3. The van der Waals surface area contributed by atoms with Crippen molar-refractivity contribution in [2.75, 3.05) is 11.1 Å². The van der Waals surface area contributed by atoms with Crippen molar-refractivity contribution in [3.8, 4) is 0 Å². The molecule has 0 atom stereocenters. The average molecular weight is 242 g/mol. The molecule has 0 aliphatic heterocycles. The van der Waals surface area contributed by atoms with Crippen molar-refractivity contribution in [3.63, 3.8) is 0 Å². The topological polar surface area (TPSA) is 63.8 Å². The van der Waals surface area contributed by atoms with Gasteiger partial charge in [-0.2, -0.15) is 0 Å². The summed E-state index contributed by atoms with van der Waals surface area (Å²) in [5.74, 6) is 1.06. The second-order valence-corrected chi connectivity index (χ2v) is 4.58. The van der Waals surface area contributed by atoms with Crippen molar-refractivity contribution in [2.24, 2.45) is 0 Å². The summed E-state index contributed by atoms with van der Waals surface area (Å²) in [5, 5.41) is 6.48. The Morgan fingerprint density at radius 1 is 1.18 bits per heavy atom. The monoisotopic (exact) mass is 242 g/mol. The summed E-state index contributed by atoms with van der Waals surface area (Å²) < 4.78 is 1.27. The third-order valence-corrected chi connectivity index (χ3v) is 3.28. The van der Waals surface area contributed by atoms with Gasteiger partial charge in [-0.15, -0.1) is 11.3 Å². The first-order chi connectivity index (χ1) is 8.31. The average Bonchev–Trinajstić information content (AvgIpc) is 2.76. The highest BCUT2D eigenvalue weighted by atomic mass is 32.1. The van der Waals surface area contributed by atoms with Crippen LogP contribution in [0.3, 0.4) is 0 Å². The van der Waals surface area contributed by atoms with Crippen LogP contribution in [-0.2, 0) is 0 Å². The normalized spacial score (nSPS) is 10.6. The van der Waals surface area contributed by atoms with E-state index in [2.05, 4.69) is 38.9 Å². The largest absolute Gasteiger partial charge is 0.382 e. The molecule has 0 bridgehead atoms. The van der Waals surface area contributed by atoms with Gasteiger partial charge >= 0.3 is 0 Å². The highest BCUT2D eigenvalue weighted by Crippen LogP contribution is 2.25. The Morgan fingerprint density at radius 2 is 2.12 bits per heavy atom. The van der Waals surface area contributed by atoms with E-state index in [0.29, 0.717) is 11.6 Å². The predicted molar refractivity (Wildman–Crippen MR) is 71.6 cm³/mol. The van der Waals surface area contributed by atoms with Gasteiger partial charge in [0.2, 0.25) is 0 Å². The molecule has 0 aliphatic carbocycles. The summed E-state index contributed by atoms with van der Waals surface area (Å²) in [6.45, 7) is 0. The zero-order valence-electron chi connectivity index (χ0n) is 8.92. The molecule has 0 aliphatic rings. The molecule has 2 heterocycles. The van der Waals surface area contributed by atoms with E-state index in [9.17, 15) is 0 Å². The van der Waals surface area contributed by atoms with Gasteiger partial charge in [0, 0.05) is 10.4 Å². The lowest BCUT2D eigenvalue weighted by Gasteiger charge is -2.05. The van der Waals surface area contributed by atoms with Crippen LogP contribution in [0, 0.1) is 0 Å². The Kier molecular flexibility index (Phi) is 2.38. The molecule has 0 radical (unpaired) electrons. The van der Waals surface area contributed by atoms with Crippen LogP contribution in [0.25, 0.3) is 10.1 Å². The number of fused-ring (bicyclic) bond motifs is 1. The quantitative estimate of drug-likeness (QED) is 0.725. The number of rotatable bonds is 2. The number of hydrogen-bond donors (Lipinski definition) is 2. The minimum Gasteiger partial charge on any atom is -0.382 e. The molecule has 0 spiro atoms. The highest BCUT2D eigenvalue weighted by Gasteiger charge is 2.00. The smallest absolute Gasteiger partial charge is 0.151 e. The molecule has 17 heavy (non-hydrogen) atoms. The first kappa shape index (κ1) is 10.0. The number of nitrogens with one attached hydrogen (secondary N) is 1. The van der Waals surface area contributed by atoms with E-state index >= 15 is 0 Å². The standard InChI is InChI=1S/C12H10N4S/c13-11-6-14-7-12(16-11)15-9-1-2-10-8(5-9)3-4-17-10/h1-7H,(H3,13,15,16). The summed E-state index contributed by atoms with van der Waals surface area (Å²) in [6.07, 6.45) is 3.17. The fraction of sp³-hybridized carbons (Fsp3) is 0. The summed E-state index contributed by atoms with van der Waals surface area (Å²) in [4.78, 5) is 8.13. The Balaban J connectivity index is 1.94. The second-order valence-electron chi connectivity index (χ2n) is 3.63. The molecule has 0 fully saturated rings. The van der Waals surface area contributed by atoms with Crippen molar-refractivity contribution in [3.05, 3.63) is 42.0 Å². The maximum absolute atomic E-state index is 5.57. The zero-order chi connectivity index (χ0) is 11.7. The van der Waals surface area contributed by atoms with Crippen LogP contribution in [0.2, 0.25) is 0 Å². The van der Waals surface area contributed by atoms with E-state index in [1.165, 1.54) is 16.3 Å². The van der Waals surface area contributed by atoms with E-state index in [0.717, 1.165) is 5.69 Å². The van der Waals surface area contributed by atoms with E-state index in [1.54, 1.807) is 17.5 Å². The van der Waals surface area contributed by atoms with Crippen LogP contribution in [-0.4, -0.2) is 9.97 Å². The molecule has 1 aromatic carbocycles. The first-order valence-electron chi connectivity index (χ1n) is 5.13. The molecule has 84 valence electrons. The molecule has 2 aromatic heterocycles. The SMILES string of the molecule is Nc1cncc(Nc2ccc3sccc3c2)n1. The molecule has 3 rings (SSSR count). The number of thiophene rings is 1. The van der Waals surface area contributed by atoms with E-state index in [4.69, 9.17) is 5.73 Å². The van der Waals surface area contributed by atoms with Crippen LogP contribution < -0.4 is 11.1 Å². The molecule has 3 N–H and O–H groups in total. The van der Waals surface area contributed by atoms with E-state index in [-0.39, 0.29) is 0 Å². The van der Waals surface area contributed by atoms with Crippen molar-refractivity contribution >= 4 is 38.7 Å². The molecular weight excluding hydrogens is 232 g/mol. The number of hydrogen-bond acceptors (Lipinski definition) is 5. The van der Waals surface area contributed by atoms with Crippen molar-refractivity contribution in [2.45, 2.75) is 0 Å². The van der Waals surface area contributed by atoms with Gasteiger partial charge in [0.15, 0.2) is 5.82 Å². The zero-order valence-corrected chi connectivity index (χ0v) is 9.74. The molecule has 3 aromatic rings. The third kappa shape index (κ3) is 2.05. The molecular formula is C12H10N4S. The predicted octanol–water partition coefficient (Wildman–Crippen LogP) is 3.02. The summed E-state index contributed by atoms with van der Waals surface area (Å²) >= 11 is 1.73. The number of nitrogens with zero attached hydrogens (tertiary/aromatic N) is 2. The number of nitrogen functional groups attached to an aromatic ring is 1. The van der Waals surface area contributed by atoms with Crippen LogP contribution in [0.5, 0.6) is 0 Å². The van der Waals surface area contributed by atoms with Gasteiger partial charge in [0.05, 0.1) is 12.4 Å². The minimum atomic E-state index is 0.409. The highest BCUT2D eigenvalue weighted by molar-refractivity contribution is 7.17. The fourth-order valence-corrected chi connectivity index (χ4v) is 2.40. The van der Waals surface area contributed by atoms with Gasteiger partial charge in [-0.1, -0.05) is 0 Å². The second kappa shape index (κ2) is 4.03. The van der Waals surface area contributed by atoms with E-state index in [1.807, 2.05) is 6.07 Å². The van der Waals surface area contributed by atoms with Gasteiger partial charge in [0.25, 0.3) is 0 Å². The molecule has 0 amide bonds. The van der Waals surface area contributed by atoms with Gasteiger partial charge in [-0.25, -0.2) is 4.98 Å². The number of aromatic nitrogens is 2. The van der Waals surface area contributed by atoms with Crippen molar-refractivity contribution in [1.82, 2.24) is 9.97 Å². The Labute approximate surface area is 102 Å². The first-order valence-corrected chi connectivity index (χ1v) is 6.01. The summed E-state index contributed by atoms with van der Waals surface area (Å²) in [7, 11) is 0. The molecule has 0 saturated carbocycles. The van der Waals surface area contributed by atoms with E-state index < -0.39 is 0 Å². The lowest BCUT2D eigenvalue weighted by Crippen LogP contribution is -1.97. The minimum absolute atomic E-state index is 0.409. The van der Waals surface area contributed by atoms with Crippen molar-refractivity contribution in [1.29, 1.82) is 0 Å². The summed E-state index contributed by atoms with van der Waals surface area (Å²) in [6, 6.07) is 8.28. The van der Waals surface area contributed by atoms with Crippen LogP contribution in [0.1, 0.15) is 0 Å².